The zero-order chi connectivity index (χ0) is 21.6. The summed E-state index contributed by atoms with van der Waals surface area (Å²) in [6.45, 7) is 2.25. The molecule has 1 aliphatic carbocycles. The Morgan fingerprint density at radius 2 is 1.94 bits per heavy atom. The molecule has 2 aromatic carbocycles. The first kappa shape index (κ1) is 20.5. The summed E-state index contributed by atoms with van der Waals surface area (Å²) in [4.78, 5) is 29.2. The number of benzene rings is 2. The number of H-pyrrole nitrogens is 1. The smallest absolute Gasteiger partial charge is 0.286 e. The number of aromatic nitrogens is 1. The van der Waals surface area contributed by atoms with Crippen molar-refractivity contribution in [3.05, 3.63) is 59.2 Å². The minimum atomic E-state index is -0.332. The van der Waals surface area contributed by atoms with E-state index in [-0.39, 0.29) is 16.7 Å². The molecule has 5 rings (SSSR count). The predicted molar refractivity (Wildman–Crippen MR) is 126 cm³/mol. The Balaban J connectivity index is 1.54. The number of carbonyl (C=O) groups is 2. The monoisotopic (exact) mass is 453 g/mol. The first-order chi connectivity index (χ1) is 15.0. The molecule has 1 aromatic heterocycles. The lowest BCUT2D eigenvalue weighted by molar-refractivity contribution is -0.134. The van der Waals surface area contributed by atoms with Gasteiger partial charge in [0.2, 0.25) is 0 Å². The van der Waals surface area contributed by atoms with Crippen molar-refractivity contribution in [3.8, 4) is 11.1 Å². The van der Waals surface area contributed by atoms with Crippen LogP contribution in [0, 0.1) is 5.92 Å². The third kappa shape index (κ3) is 3.62. The standard InChI is InChI=1S/C24H24ClN3O2S/c1-15-9-11-24(12-10-15)28(20(29)14-31-24)27-23(30)22-21(16-5-3-2-4-6-16)18-13-17(25)7-8-19(18)26-22/h2-8,13,15,26H,9-12,14H2,1H3,(H,27,30). The molecule has 160 valence electrons. The maximum absolute atomic E-state index is 13.5. The molecule has 0 bridgehead atoms. The summed E-state index contributed by atoms with van der Waals surface area (Å²) in [6.07, 6.45) is 3.93. The van der Waals surface area contributed by atoms with Crippen molar-refractivity contribution >= 4 is 46.1 Å². The van der Waals surface area contributed by atoms with Crippen LogP contribution in [0.15, 0.2) is 48.5 Å². The molecule has 7 heteroatoms. The zero-order valence-corrected chi connectivity index (χ0v) is 18.9. The number of hydrogen-bond acceptors (Lipinski definition) is 3. The number of aromatic amines is 1. The van der Waals surface area contributed by atoms with E-state index < -0.39 is 0 Å². The van der Waals surface area contributed by atoms with Gasteiger partial charge in [-0.15, -0.1) is 11.8 Å². The maximum atomic E-state index is 13.5. The summed E-state index contributed by atoms with van der Waals surface area (Å²) in [7, 11) is 0. The number of hydrogen-bond donors (Lipinski definition) is 2. The second kappa shape index (κ2) is 7.92. The molecule has 2 N–H and O–H groups in total. The molecule has 1 spiro atoms. The van der Waals surface area contributed by atoms with Crippen LogP contribution in [-0.4, -0.2) is 32.4 Å². The van der Waals surface area contributed by atoms with Gasteiger partial charge in [-0.25, -0.2) is 5.01 Å². The van der Waals surface area contributed by atoms with Gasteiger partial charge >= 0.3 is 0 Å². The summed E-state index contributed by atoms with van der Waals surface area (Å²) in [5, 5.41) is 3.10. The van der Waals surface area contributed by atoms with Crippen LogP contribution in [0.2, 0.25) is 5.02 Å². The zero-order valence-electron chi connectivity index (χ0n) is 17.3. The molecule has 5 nitrogen and oxygen atoms in total. The van der Waals surface area contributed by atoms with Gasteiger partial charge < -0.3 is 4.98 Å². The number of carbonyl (C=O) groups excluding carboxylic acids is 2. The first-order valence-electron chi connectivity index (χ1n) is 10.6. The van der Waals surface area contributed by atoms with E-state index in [0.717, 1.165) is 47.7 Å². The topological polar surface area (TPSA) is 65.2 Å². The fourth-order valence-corrected chi connectivity index (χ4v) is 6.19. The average Bonchev–Trinajstić information content (AvgIpc) is 3.30. The lowest BCUT2D eigenvalue weighted by atomic mass is 9.86. The Labute approximate surface area is 190 Å². The van der Waals surface area contributed by atoms with E-state index >= 15 is 0 Å². The molecule has 1 saturated heterocycles. The SMILES string of the molecule is CC1CCC2(CC1)SCC(=O)N2NC(=O)c1[nH]c2ccc(Cl)cc2c1-c1ccccc1. The first-order valence-corrected chi connectivity index (χ1v) is 12.0. The fraction of sp³-hybridized carbons (Fsp3) is 0.333. The van der Waals surface area contributed by atoms with Crippen molar-refractivity contribution in [3.63, 3.8) is 0 Å². The summed E-state index contributed by atoms with van der Waals surface area (Å²) in [5.74, 6) is 0.721. The van der Waals surface area contributed by atoms with Gasteiger partial charge in [-0.05, 0) is 55.4 Å². The van der Waals surface area contributed by atoms with E-state index in [9.17, 15) is 9.59 Å². The van der Waals surface area contributed by atoms with E-state index in [4.69, 9.17) is 11.6 Å². The molecule has 31 heavy (non-hydrogen) atoms. The second-order valence-corrected chi connectivity index (χ2v) is 10.3. The van der Waals surface area contributed by atoms with Crippen molar-refractivity contribution in [2.24, 2.45) is 5.92 Å². The summed E-state index contributed by atoms with van der Waals surface area (Å²) >= 11 is 7.93. The molecule has 1 aliphatic heterocycles. The highest BCUT2D eigenvalue weighted by Gasteiger charge is 2.48. The van der Waals surface area contributed by atoms with Gasteiger partial charge in [-0.1, -0.05) is 48.9 Å². The Hall–Kier alpha value is -2.44. The van der Waals surface area contributed by atoms with Crippen LogP contribution in [0.4, 0.5) is 0 Å². The lowest BCUT2D eigenvalue weighted by Gasteiger charge is -2.41. The van der Waals surface area contributed by atoms with Crippen LogP contribution >= 0.6 is 23.4 Å². The normalized spacial score (nSPS) is 23.6. The number of nitrogens with zero attached hydrogens (tertiary/aromatic N) is 1. The van der Waals surface area contributed by atoms with Gasteiger partial charge in [0.25, 0.3) is 11.8 Å². The van der Waals surface area contributed by atoms with E-state index in [0.29, 0.717) is 22.4 Å². The van der Waals surface area contributed by atoms with E-state index in [2.05, 4.69) is 17.3 Å². The quantitative estimate of drug-likeness (QED) is 0.541. The average molecular weight is 454 g/mol. The molecular weight excluding hydrogens is 430 g/mol. The predicted octanol–water partition coefficient (Wildman–Crippen LogP) is 5.61. The van der Waals surface area contributed by atoms with Crippen LogP contribution < -0.4 is 5.43 Å². The number of hydrazine groups is 1. The van der Waals surface area contributed by atoms with Gasteiger partial charge in [0, 0.05) is 21.5 Å². The van der Waals surface area contributed by atoms with E-state index in [1.165, 1.54) is 0 Å². The van der Waals surface area contributed by atoms with E-state index in [1.54, 1.807) is 22.8 Å². The molecule has 1 saturated carbocycles. The lowest BCUT2D eigenvalue weighted by Crippen LogP contribution is -2.55. The van der Waals surface area contributed by atoms with Gasteiger partial charge in [0.05, 0.1) is 5.75 Å². The van der Waals surface area contributed by atoms with E-state index in [1.807, 2.05) is 42.5 Å². The van der Waals surface area contributed by atoms with Crippen LogP contribution in [-0.2, 0) is 4.79 Å². The van der Waals surface area contributed by atoms with Crippen molar-refractivity contribution in [2.45, 2.75) is 37.5 Å². The molecule has 0 unspecified atom stereocenters. The molecular formula is C24H24ClN3O2S. The third-order valence-corrected chi connectivity index (χ3v) is 8.19. The van der Waals surface area contributed by atoms with Crippen LogP contribution in [0.1, 0.15) is 43.1 Å². The van der Waals surface area contributed by atoms with Crippen LogP contribution in [0.5, 0.6) is 0 Å². The number of fused-ring (bicyclic) bond motifs is 1. The molecule has 2 amide bonds. The number of amides is 2. The van der Waals surface area contributed by atoms with Crippen molar-refractivity contribution < 1.29 is 9.59 Å². The largest absolute Gasteiger partial charge is 0.350 e. The molecule has 3 aromatic rings. The van der Waals surface area contributed by atoms with Crippen molar-refractivity contribution in [1.82, 2.24) is 15.4 Å². The number of thioether (sulfide) groups is 1. The highest BCUT2D eigenvalue weighted by Crippen LogP contribution is 2.47. The minimum Gasteiger partial charge on any atom is -0.350 e. The van der Waals surface area contributed by atoms with Crippen molar-refractivity contribution in [1.29, 1.82) is 0 Å². The molecule has 0 atom stereocenters. The number of rotatable bonds is 3. The number of halogens is 1. The Morgan fingerprint density at radius 1 is 1.19 bits per heavy atom. The Morgan fingerprint density at radius 3 is 2.68 bits per heavy atom. The Bertz CT molecular complexity index is 1150. The van der Waals surface area contributed by atoms with Crippen LogP contribution in [0.3, 0.4) is 0 Å². The summed E-state index contributed by atoms with van der Waals surface area (Å²) < 4.78 is 0. The van der Waals surface area contributed by atoms with Gasteiger partial charge in [-0.2, -0.15) is 0 Å². The second-order valence-electron chi connectivity index (χ2n) is 8.52. The van der Waals surface area contributed by atoms with Crippen molar-refractivity contribution in [2.75, 3.05) is 5.75 Å². The van der Waals surface area contributed by atoms with Gasteiger partial charge in [-0.3, -0.25) is 15.0 Å². The minimum absolute atomic E-state index is 0.0340. The molecule has 2 fully saturated rings. The van der Waals surface area contributed by atoms with Gasteiger partial charge in [0.1, 0.15) is 10.6 Å². The summed E-state index contributed by atoms with van der Waals surface area (Å²) in [6, 6.07) is 15.3. The fourth-order valence-electron chi connectivity index (χ4n) is 4.69. The number of nitrogens with one attached hydrogen (secondary N) is 2. The highest BCUT2D eigenvalue weighted by molar-refractivity contribution is 8.01. The van der Waals surface area contributed by atoms with Crippen LogP contribution in [0.25, 0.3) is 22.0 Å². The highest BCUT2D eigenvalue weighted by atomic mass is 35.5. The molecule has 0 radical (unpaired) electrons. The molecule has 2 aliphatic rings. The third-order valence-electron chi connectivity index (χ3n) is 6.44. The Kier molecular flexibility index (Phi) is 5.22. The summed E-state index contributed by atoms with van der Waals surface area (Å²) in [5.41, 5.74) is 5.95. The molecule has 2 heterocycles. The maximum Gasteiger partial charge on any atom is 0.286 e. The van der Waals surface area contributed by atoms with Gasteiger partial charge in [0.15, 0.2) is 0 Å².